The Hall–Kier alpha value is -1.00. The molecule has 0 saturated carbocycles. The fraction of sp³-hybridized carbons (Fsp3) is 0.333. The first-order valence-electron chi connectivity index (χ1n) is 6.69. The van der Waals surface area contributed by atoms with E-state index in [0.717, 1.165) is 37.5 Å². The van der Waals surface area contributed by atoms with Crippen LogP contribution in [0.15, 0.2) is 41.0 Å². The van der Waals surface area contributed by atoms with Crippen molar-refractivity contribution in [2.75, 3.05) is 26.2 Å². The highest BCUT2D eigenvalue weighted by Gasteiger charge is 2.28. The van der Waals surface area contributed by atoms with E-state index in [2.05, 4.69) is 10.2 Å². The predicted molar refractivity (Wildman–Crippen MR) is 81.5 cm³/mol. The van der Waals surface area contributed by atoms with Crippen LogP contribution in [-0.2, 0) is 0 Å². The maximum Gasteiger partial charge on any atom is 0.125 e. The molecular weight excluding hydrogens is 295 g/mol. The molecule has 1 aromatic carbocycles. The van der Waals surface area contributed by atoms with Crippen LogP contribution in [0.2, 0.25) is 10.0 Å². The van der Waals surface area contributed by atoms with E-state index in [1.165, 1.54) is 0 Å². The molecule has 1 aliphatic rings. The van der Waals surface area contributed by atoms with Crippen LogP contribution in [-0.4, -0.2) is 31.1 Å². The molecule has 106 valence electrons. The van der Waals surface area contributed by atoms with Gasteiger partial charge in [-0.15, -0.1) is 0 Å². The van der Waals surface area contributed by atoms with Crippen LogP contribution < -0.4 is 5.32 Å². The Morgan fingerprint density at radius 3 is 2.60 bits per heavy atom. The summed E-state index contributed by atoms with van der Waals surface area (Å²) in [6, 6.07) is 9.67. The van der Waals surface area contributed by atoms with E-state index in [9.17, 15) is 0 Å². The molecule has 1 N–H and O–H groups in total. The lowest BCUT2D eigenvalue weighted by molar-refractivity contribution is 0.180. The van der Waals surface area contributed by atoms with Crippen molar-refractivity contribution in [3.05, 3.63) is 58.0 Å². The number of benzene rings is 1. The van der Waals surface area contributed by atoms with Gasteiger partial charge >= 0.3 is 0 Å². The van der Waals surface area contributed by atoms with Gasteiger partial charge in [0.05, 0.1) is 22.4 Å². The molecule has 1 atom stereocenters. The minimum atomic E-state index is 0.0123. The number of halogens is 2. The lowest BCUT2D eigenvalue weighted by atomic mass is 10.0. The third-order valence-corrected chi connectivity index (χ3v) is 4.44. The predicted octanol–water partition coefficient (Wildman–Crippen LogP) is 3.58. The van der Waals surface area contributed by atoms with Crippen LogP contribution in [0.5, 0.6) is 0 Å². The van der Waals surface area contributed by atoms with E-state index >= 15 is 0 Å². The average molecular weight is 311 g/mol. The SMILES string of the molecule is Clc1cccc(C(c2ccco2)N2CCNCC2)c1Cl. The average Bonchev–Trinajstić information content (AvgIpc) is 2.99. The van der Waals surface area contributed by atoms with Gasteiger partial charge in [-0.3, -0.25) is 4.90 Å². The zero-order valence-electron chi connectivity index (χ0n) is 11.0. The van der Waals surface area contributed by atoms with Gasteiger partial charge in [0.1, 0.15) is 5.76 Å². The molecule has 0 spiro atoms. The van der Waals surface area contributed by atoms with Gasteiger partial charge < -0.3 is 9.73 Å². The van der Waals surface area contributed by atoms with Crippen LogP contribution in [0.25, 0.3) is 0 Å². The van der Waals surface area contributed by atoms with Gasteiger partial charge in [0.25, 0.3) is 0 Å². The lowest BCUT2D eigenvalue weighted by Gasteiger charge is -2.34. The van der Waals surface area contributed by atoms with Crippen molar-refractivity contribution in [1.82, 2.24) is 10.2 Å². The second-order valence-corrected chi connectivity index (χ2v) is 5.63. The summed E-state index contributed by atoms with van der Waals surface area (Å²) in [6.45, 7) is 3.84. The van der Waals surface area contributed by atoms with Gasteiger partial charge in [-0.25, -0.2) is 0 Å². The first-order valence-corrected chi connectivity index (χ1v) is 7.45. The minimum Gasteiger partial charge on any atom is -0.467 e. The van der Waals surface area contributed by atoms with Crippen molar-refractivity contribution in [1.29, 1.82) is 0 Å². The second-order valence-electron chi connectivity index (χ2n) is 4.85. The Labute approximate surface area is 128 Å². The normalized spacial score (nSPS) is 18.1. The van der Waals surface area contributed by atoms with Crippen LogP contribution in [0, 0.1) is 0 Å². The van der Waals surface area contributed by atoms with Crippen molar-refractivity contribution in [3.63, 3.8) is 0 Å². The third-order valence-electron chi connectivity index (χ3n) is 3.61. The fourth-order valence-electron chi connectivity index (χ4n) is 2.65. The third kappa shape index (κ3) is 2.72. The summed E-state index contributed by atoms with van der Waals surface area (Å²) in [7, 11) is 0. The Balaban J connectivity index is 2.03. The largest absolute Gasteiger partial charge is 0.467 e. The van der Waals surface area contributed by atoms with Crippen LogP contribution >= 0.6 is 23.2 Å². The second kappa shape index (κ2) is 6.19. The van der Waals surface area contributed by atoms with E-state index in [1.807, 2.05) is 30.3 Å². The molecule has 3 rings (SSSR count). The summed E-state index contributed by atoms with van der Waals surface area (Å²) in [5.74, 6) is 0.899. The summed E-state index contributed by atoms with van der Waals surface area (Å²) >= 11 is 12.6. The van der Waals surface area contributed by atoms with Gasteiger partial charge in [-0.05, 0) is 23.8 Å². The van der Waals surface area contributed by atoms with Crippen molar-refractivity contribution >= 4 is 23.2 Å². The summed E-state index contributed by atoms with van der Waals surface area (Å²) in [6.07, 6.45) is 1.70. The van der Waals surface area contributed by atoms with Crippen molar-refractivity contribution in [2.24, 2.45) is 0 Å². The van der Waals surface area contributed by atoms with E-state index < -0.39 is 0 Å². The molecule has 2 aromatic rings. The van der Waals surface area contributed by atoms with Gasteiger partial charge in [0, 0.05) is 26.2 Å². The highest BCUT2D eigenvalue weighted by atomic mass is 35.5. The van der Waals surface area contributed by atoms with Gasteiger partial charge in [0.15, 0.2) is 0 Å². The number of nitrogens with one attached hydrogen (secondary N) is 1. The molecule has 1 unspecified atom stereocenters. The minimum absolute atomic E-state index is 0.0123. The number of nitrogens with zero attached hydrogens (tertiary/aromatic N) is 1. The summed E-state index contributed by atoms with van der Waals surface area (Å²) in [5, 5.41) is 4.55. The smallest absolute Gasteiger partial charge is 0.125 e. The van der Waals surface area contributed by atoms with Crippen molar-refractivity contribution in [2.45, 2.75) is 6.04 Å². The molecule has 0 aliphatic carbocycles. The van der Waals surface area contributed by atoms with Crippen LogP contribution in [0.1, 0.15) is 17.4 Å². The van der Waals surface area contributed by atoms with Gasteiger partial charge in [0.2, 0.25) is 0 Å². The van der Waals surface area contributed by atoms with E-state index in [0.29, 0.717) is 10.0 Å². The Morgan fingerprint density at radius 1 is 1.10 bits per heavy atom. The molecule has 1 aromatic heterocycles. The molecule has 0 bridgehead atoms. The van der Waals surface area contributed by atoms with E-state index in [1.54, 1.807) is 6.26 Å². The Bertz CT molecular complexity index is 565. The standard InChI is InChI=1S/C15H16Cl2N2O/c16-12-4-1-3-11(14(12)17)15(13-5-2-10-20-13)19-8-6-18-7-9-19/h1-5,10,15,18H,6-9H2. The quantitative estimate of drug-likeness (QED) is 0.939. The number of furan rings is 1. The maximum absolute atomic E-state index is 6.41. The molecule has 2 heterocycles. The van der Waals surface area contributed by atoms with E-state index in [4.69, 9.17) is 27.6 Å². The van der Waals surface area contributed by atoms with Crippen molar-refractivity contribution < 1.29 is 4.42 Å². The molecule has 1 saturated heterocycles. The highest BCUT2D eigenvalue weighted by Crippen LogP contribution is 2.36. The first-order chi connectivity index (χ1) is 9.77. The van der Waals surface area contributed by atoms with Gasteiger partial charge in [-0.2, -0.15) is 0 Å². The monoisotopic (exact) mass is 310 g/mol. The molecule has 1 fully saturated rings. The maximum atomic E-state index is 6.41. The van der Waals surface area contributed by atoms with Crippen molar-refractivity contribution in [3.8, 4) is 0 Å². The van der Waals surface area contributed by atoms with Crippen LogP contribution in [0.3, 0.4) is 0 Å². The number of hydrogen-bond donors (Lipinski definition) is 1. The first kappa shape index (κ1) is 14.0. The zero-order chi connectivity index (χ0) is 13.9. The number of piperazine rings is 1. The molecule has 0 radical (unpaired) electrons. The molecule has 1 aliphatic heterocycles. The molecular formula is C15H16Cl2N2O. The van der Waals surface area contributed by atoms with E-state index in [-0.39, 0.29) is 6.04 Å². The Morgan fingerprint density at radius 2 is 1.90 bits per heavy atom. The Kier molecular flexibility index (Phi) is 4.32. The van der Waals surface area contributed by atoms with Crippen LogP contribution in [0.4, 0.5) is 0 Å². The molecule has 5 heteroatoms. The summed E-state index contributed by atoms with van der Waals surface area (Å²) in [5.41, 5.74) is 0.996. The molecule has 3 nitrogen and oxygen atoms in total. The fourth-order valence-corrected chi connectivity index (χ4v) is 3.06. The molecule has 0 amide bonds. The summed E-state index contributed by atoms with van der Waals surface area (Å²) in [4.78, 5) is 2.37. The summed E-state index contributed by atoms with van der Waals surface area (Å²) < 4.78 is 5.63. The topological polar surface area (TPSA) is 28.4 Å². The number of hydrogen-bond acceptors (Lipinski definition) is 3. The highest BCUT2D eigenvalue weighted by molar-refractivity contribution is 6.42. The number of rotatable bonds is 3. The molecule has 20 heavy (non-hydrogen) atoms. The zero-order valence-corrected chi connectivity index (χ0v) is 12.5. The lowest BCUT2D eigenvalue weighted by Crippen LogP contribution is -2.45. The van der Waals surface area contributed by atoms with Gasteiger partial charge in [-0.1, -0.05) is 35.3 Å².